The van der Waals surface area contributed by atoms with Gasteiger partial charge in [-0.15, -0.1) is 0 Å². The standard InChI is InChI=1S/C15H14N4/c16-14-9-13(6-8-17-14)19-10-12-4-1-3-11-5-2-7-18-15(11)12/h1-9H,10H2,(H3,16,17,19). The Balaban J connectivity index is 1.86. The van der Waals surface area contributed by atoms with Gasteiger partial charge in [-0.3, -0.25) is 4.98 Å². The lowest BCUT2D eigenvalue weighted by Gasteiger charge is -2.08. The third-order valence-corrected chi connectivity index (χ3v) is 2.98. The summed E-state index contributed by atoms with van der Waals surface area (Å²) in [5.41, 5.74) is 8.80. The molecule has 0 aliphatic carbocycles. The fourth-order valence-electron chi connectivity index (χ4n) is 2.07. The molecule has 4 nitrogen and oxygen atoms in total. The van der Waals surface area contributed by atoms with E-state index in [9.17, 15) is 0 Å². The van der Waals surface area contributed by atoms with Gasteiger partial charge in [-0.1, -0.05) is 24.3 Å². The van der Waals surface area contributed by atoms with Crippen LogP contribution in [0.2, 0.25) is 0 Å². The molecular weight excluding hydrogens is 236 g/mol. The molecule has 0 aliphatic heterocycles. The van der Waals surface area contributed by atoms with Gasteiger partial charge in [-0.25, -0.2) is 4.98 Å². The lowest BCUT2D eigenvalue weighted by atomic mass is 10.1. The molecule has 2 aromatic heterocycles. The minimum absolute atomic E-state index is 0.515. The summed E-state index contributed by atoms with van der Waals surface area (Å²) in [7, 11) is 0. The van der Waals surface area contributed by atoms with Crippen LogP contribution < -0.4 is 11.1 Å². The molecule has 0 spiro atoms. The Morgan fingerprint density at radius 1 is 1.00 bits per heavy atom. The second kappa shape index (κ2) is 4.94. The SMILES string of the molecule is Nc1cc(NCc2cccc3cccnc23)ccn1. The summed E-state index contributed by atoms with van der Waals surface area (Å²) in [6.07, 6.45) is 3.51. The van der Waals surface area contributed by atoms with Gasteiger partial charge in [0.05, 0.1) is 5.52 Å². The van der Waals surface area contributed by atoms with Gasteiger partial charge < -0.3 is 11.1 Å². The third-order valence-electron chi connectivity index (χ3n) is 2.98. The molecule has 0 atom stereocenters. The monoisotopic (exact) mass is 250 g/mol. The van der Waals surface area contributed by atoms with Crippen LogP contribution in [0.5, 0.6) is 0 Å². The summed E-state index contributed by atoms with van der Waals surface area (Å²) in [6, 6.07) is 13.9. The second-order valence-electron chi connectivity index (χ2n) is 4.32. The van der Waals surface area contributed by atoms with Crippen molar-refractivity contribution in [1.29, 1.82) is 0 Å². The normalized spacial score (nSPS) is 10.5. The number of pyridine rings is 2. The maximum atomic E-state index is 5.65. The van der Waals surface area contributed by atoms with E-state index in [2.05, 4.69) is 33.5 Å². The summed E-state index contributed by atoms with van der Waals surface area (Å²) in [6.45, 7) is 0.706. The second-order valence-corrected chi connectivity index (χ2v) is 4.32. The molecule has 19 heavy (non-hydrogen) atoms. The van der Waals surface area contributed by atoms with Gasteiger partial charge >= 0.3 is 0 Å². The number of nitrogen functional groups attached to an aromatic ring is 1. The van der Waals surface area contributed by atoms with Gasteiger partial charge in [0.15, 0.2) is 0 Å². The van der Waals surface area contributed by atoms with Crippen molar-refractivity contribution in [1.82, 2.24) is 9.97 Å². The van der Waals surface area contributed by atoms with Gasteiger partial charge in [-0.05, 0) is 17.7 Å². The van der Waals surface area contributed by atoms with Crippen LogP contribution in [-0.4, -0.2) is 9.97 Å². The van der Waals surface area contributed by atoms with E-state index >= 15 is 0 Å². The molecule has 0 saturated carbocycles. The summed E-state index contributed by atoms with van der Waals surface area (Å²) in [5, 5.41) is 4.48. The summed E-state index contributed by atoms with van der Waals surface area (Å²) >= 11 is 0. The van der Waals surface area contributed by atoms with E-state index in [1.54, 1.807) is 6.20 Å². The number of aromatic nitrogens is 2. The van der Waals surface area contributed by atoms with Crippen molar-refractivity contribution >= 4 is 22.4 Å². The molecule has 0 amide bonds. The Bertz CT molecular complexity index is 704. The van der Waals surface area contributed by atoms with Gasteiger partial charge in [0, 0.05) is 36.1 Å². The molecule has 0 bridgehead atoms. The molecule has 4 heteroatoms. The highest BCUT2D eigenvalue weighted by Crippen LogP contribution is 2.17. The lowest BCUT2D eigenvalue weighted by molar-refractivity contribution is 1.15. The summed E-state index contributed by atoms with van der Waals surface area (Å²) in [5.74, 6) is 0.515. The van der Waals surface area contributed by atoms with Crippen LogP contribution in [0.15, 0.2) is 54.9 Å². The van der Waals surface area contributed by atoms with Gasteiger partial charge in [0.1, 0.15) is 5.82 Å². The lowest BCUT2D eigenvalue weighted by Crippen LogP contribution is -2.01. The zero-order chi connectivity index (χ0) is 13.1. The largest absolute Gasteiger partial charge is 0.384 e. The Morgan fingerprint density at radius 3 is 2.79 bits per heavy atom. The quantitative estimate of drug-likeness (QED) is 0.750. The van der Waals surface area contributed by atoms with Gasteiger partial charge in [0.2, 0.25) is 0 Å². The minimum atomic E-state index is 0.515. The van der Waals surface area contributed by atoms with Crippen molar-refractivity contribution in [2.45, 2.75) is 6.54 Å². The highest BCUT2D eigenvalue weighted by atomic mass is 14.9. The Labute approximate surface area is 111 Å². The molecule has 0 saturated heterocycles. The van der Waals surface area contributed by atoms with Crippen LogP contribution >= 0.6 is 0 Å². The first kappa shape index (κ1) is 11.5. The maximum Gasteiger partial charge on any atom is 0.125 e. The number of nitrogens with one attached hydrogen (secondary N) is 1. The van der Waals surface area contributed by atoms with Crippen LogP contribution in [0.4, 0.5) is 11.5 Å². The zero-order valence-electron chi connectivity index (χ0n) is 10.4. The van der Waals surface area contributed by atoms with E-state index in [-0.39, 0.29) is 0 Å². The molecule has 0 fully saturated rings. The van der Waals surface area contributed by atoms with Crippen molar-refractivity contribution in [3.8, 4) is 0 Å². The molecular formula is C15H14N4. The predicted molar refractivity (Wildman–Crippen MR) is 77.7 cm³/mol. The Morgan fingerprint density at radius 2 is 1.89 bits per heavy atom. The van der Waals surface area contributed by atoms with Crippen LogP contribution in [0.25, 0.3) is 10.9 Å². The fourth-order valence-corrected chi connectivity index (χ4v) is 2.07. The zero-order valence-corrected chi connectivity index (χ0v) is 10.4. The molecule has 3 aromatic rings. The van der Waals surface area contributed by atoms with E-state index in [0.29, 0.717) is 12.4 Å². The first-order valence-electron chi connectivity index (χ1n) is 6.11. The maximum absolute atomic E-state index is 5.65. The Hall–Kier alpha value is -2.62. The minimum Gasteiger partial charge on any atom is -0.384 e. The van der Waals surface area contributed by atoms with Crippen LogP contribution in [-0.2, 0) is 6.54 Å². The highest BCUT2D eigenvalue weighted by Gasteiger charge is 2.01. The van der Waals surface area contributed by atoms with Crippen molar-refractivity contribution < 1.29 is 0 Å². The van der Waals surface area contributed by atoms with Crippen LogP contribution in [0.3, 0.4) is 0 Å². The number of nitrogens with two attached hydrogens (primary N) is 1. The number of nitrogens with zero attached hydrogens (tertiary/aromatic N) is 2. The Kier molecular flexibility index (Phi) is 2.98. The average molecular weight is 250 g/mol. The van der Waals surface area contributed by atoms with E-state index < -0.39 is 0 Å². The van der Waals surface area contributed by atoms with Crippen LogP contribution in [0, 0.1) is 0 Å². The number of hydrogen-bond donors (Lipinski definition) is 2. The third kappa shape index (κ3) is 2.47. The van der Waals surface area contributed by atoms with Gasteiger partial charge in [0.25, 0.3) is 0 Å². The average Bonchev–Trinajstić information content (AvgIpc) is 2.45. The van der Waals surface area contributed by atoms with E-state index in [1.165, 1.54) is 0 Å². The fraction of sp³-hybridized carbons (Fsp3) is 0.0667. The van der Waals surface area contributed by atoms with Crippen molar-refractivity contribution in [3.63, 3.8) is 0 Å². The van der Waals surface area contributed by atoms with Crippen molar-refractivity contribution in [2.75, 3.05) is 11.1 Å². The van der Waals surface area contributed by atoms with Crippen molar-refractivity contribution in [2.24, 2.45) is 0 Å². The highest BCUT2D eigenvalue weighted by molar-refractivity contribution is 5.81. The molecule has 3 N–H and O–H groups in total. The van der Waals surface area contributed by atoms with Crippen LogP contribution in [0.1, 0.15) is 5.56 Å². The van der Waals surface area contributed by atoms with Crippen molar-refractivity contribution in [3.05, 3.63) is 60.4 Å². The topological polar surface area (TPSA) is 63.8 Å². The number of hydrogen-bond acceptors (Lipinski definition) is 4. The predicted octanol–water partition coefficient (Wildman–Crippen LogP) is 2.82. The van der Waals surface area contributed by atoms with E-state index in [1.807, 2.05) is 30.5 Å². The summed E-state index contributed by atoms with van der Waals surface area (Å²) in [4.78, 5) is 8.40. The molecule has 2 heterocycles. The first-order valence-corrected chi connectivity index (χ1v) is 6.11. The molecule has 0 unspecified atom stereocenters. The number of rotatable bonds is 3. The molecule has 94 valence electrons. The summed E-state index contributed by atoms with van der Waals surface area (Å²) < 4.78 is 0. The number of benzene rings is 1. The van der Waals surface area contributed by atoms with Gasteiger partial charge in [-0.2, -0.15) is 0 Å². The number of anilines is 2. The number of fused-ring (bicyclic) bond motifs is 1. The van der Waals surface area contributed by atoms with E-state index in [4.69, 9.17) is 5.73 Å². The smallest absolute Gasteiger partial charge is 0.125 e. The molecule has 3 rings (SSSR count). The first-order chi connectivity index (χ1) is 9.33. The van der Waals surface area contributed by atoms with E-state index in [0.717, 1.165) is 22.2 Å². The number of para-hydroxylation sites is 1. The molecule has 1 aromatic carbocycles. The molecule has 0 aliphatic rings. The molecule has 0 radical (unpaired) electrons.